The van der Waals surface area contributed by atoms with Gasteiger partial charge in [-0.25, -0.2) is 9.97 Å². The Labute approximate surface area is 168 Å². The van der Waals surface area contributed by atoms with Crippen molar-refractivity contribution in [2.24, 2.45) is 0 Å². The van der Waals surface area contributed by atoms with Gasteiger partial charge in [-0.1, -0.05) is 12.1 Å². The molecule has 0 fully saturated rings. The van der Waals surface area contributed by atoms with Gasteiger partial charge in [0, 0.05) is 42.1 Å². The molecule has 8 nitrogen and oxygen atoms in total. The van der Waals surface area contributed by atoms with Crippen LogP contribution in [0.2, 0.25) is 0 Å². The lowest BCUT2D eigenvalue weighted by Gasteiger charge is -2.15. The van der Waals surface area contributed by atoms with E-state index in [4.69, 9.17) is 14.2 Å². The maximum atomic E-state index is 11.2. The Morgan fingerprint density at radius 3 is 2.07 bits per heavy atom. The first-order valence-corrected chi connectivity index (χ1v) is 8.81. The Balaban J connectivity index is 1.86. The topological polar surface area (TPSA) is 94.6 Å². The van der Waals surface area contributed by atoms with Crippen LogP contribution >= 0.6 is 0 Å². The summed E-state index contributed by atoms with van der Waals surface area (Å²) in [6.07, 6.45) is 1.48. The van der Waals surface area contributed by atoms with E-state index < -0.39 is 0 Å². The van der Waals surface area contributed by atoms with Gasteiger partial charge in [0.2, 0.25) is 11.7 Å². The number of ether oxygens (including phenoxy) is 3. The number of hydrogen-bond acceptors (Lipinski definition) is 7. The standard InChI is InChI=1S/C21H22N4O4/c1-13(26)24-15-7-5-14(6-8-15)17-11-20(23-12-22-17)25-16-9-18(27-2)21(29-4)19(10-16)28-3/h5-12H,1-4H3,(H,24,26)(H,22,23,25). The van der Waals surface area contributed by atoms with E-state index in [1.165, 1.54) is 13.3 Å². The van der Waals surface area contributed by atoms with Gasteiger partial charge in [-0.15, -0.1) is 0 Å². The number of benzene rings is 2. The van der Waals surface area contributed by atoms with Crippen molar-refractivity contribution < 1.29 is 19.0 Å². The van der Waals surface area contributed by atoms with Crippen molar-refractivity contribution in [2.75, 3.05) is 32.0 Å². The first-order chi connectivity index (χ1) is 14.0. The molecule has 1 heterocycles. The summed E-state index contributed by atoms with van der Waals surface area (Å²) in [5.74, 6) is 2.09. The van der Waals surface area contributed by atoms with Crippen molar-refractivity contribution >= 4 is 23.1 Å². The van der Waals surface area contributed by atoms with Crippen LogP contribution in [0.15, 0.2) is 48.8 Å². The van der Waals surface area contributed by atoms with E-state index in [0.717, 1.165) is 22.6 Å². The van der Waals surface area contributed by atoms with E-state index >= 15 is 0 Å². The number of rotatable bonds is 7. The second-order valence-corrected chi connectivity index (χ2v) is 6.09. The molecule has 3 rings (SSSR count). The molecule has 150 valence electrons. The zero-order valence-corrected chi connectivity index (χ0v) is 16.6. The second kappa shape index (κ2) is 8.92. The highest BCUT2D eigenvalue weighted by Gasteiger charge is 2.14. The van der Waals surface area contributed by atoms with Crippen LogP contribution in [0.3, 0.4) is 0 Å². The molecule has 0 saturated heterocycles. The number of anilines is 3. The molecular formula is C21H22N4O4. The van der Waals surface area contributed by atoms with Crippen molar-refractivity contribution in [3.05, 3.63) is 48.8 Å². The van der Waals surface area contributed by atoms with Gasteiger partial charge in [0.25, 0.3) is 0 Å². The Morgan fingerprint density at radius 2 is 1.52 bits per heavy atom. The van der Waals surface area contributed by atoms with Crippen molar-refractivity contribution in [1.29, 1.82) is 0 Å². The highest BCUT2D eigenvalue weighted by Crippen LogP contribution is 2.40. The Kier molecular flexibility index (Phi) is 6.13. The van der Waals surface area contributed by atoms with Gasteiger partial charge in [0.1, 0.15) is 12.1 Å². The average molecular weight is 394 g/mol. The quantitative estimate of drug-likeness (QED) is 0.628. The van der Waals surface area contributed by atoms with E-state index in [1.54, 1.807) is 33.5 Å². The molecule has 0 saturated carbocycles. The lowest BCUT2D eigenvalue weighted by molar-refractivity contribution is -0.114. The summed E-state index contributed by atoms with van der Waals surface area (Å²) >= 11 is 0. The molecular weight excluding hydrogens is 372 g/mol. The molecule has 0 aliphatic carbocycles. The van der Waals surface area contributed by atoms with Crippen LogP contribution in [-0.2, 0) is 4.79 Å². The number of amides is 1. The molecule has 2 aromatic carbocycles. The zero-order chi connectivity index (χ0) is 20.8. The van der Waals surface area contributed by atoms with Crippen LogP contribution in [0.25, 0.3) is 11.3 Å². The summed E-state index contributed by atoms with van der Waals surface area (Å²) in [5.41, 5.74) is 3.09. The third-order valence-electron chi connectivity index (χ3n) is 4.11. The fourth-order valence-corrected chi connectivity index (χ4v) is 2.81. The Bertz CT molecular complexity index is 981. The maximum Gasteiger partial charge on any atom is 0.221 e. The van der Waals surface area contributed by atoms with E-state index in [2.05, 4.69) is 20.6 Å². The molecule has 29 heavy (non-hydrogen) atoms. The minimum atomic E-state index is -0.114. The third-order valence-corrected chi connectivity index (χ3v) is 4.11. The van der Waals surface area contributed by atoms with Gasteiger partial charge >= 0.3 is 0 Å². The summed E-state index contributed by atoms with van der Waals surface area (Å²) in [4.78, 5) is 19.8. The molecule has 0 spiro atoms. The molecule has 0 atom stereocenters. The molecule has 8 heteroatoms. The fourth-order valence-electron chi connectivity index (χ4n) is 2.81. The molecule has 3 aromatic rings. The smallest absolute Gasteiger partial charge is 0.221 e. The van der Waals surface area contributed by atoms with Crippen LogP contribution in [0.4, 0.5) is 17.2 Å². The molecule has 2 N–H and O–H groups in total. The SMILES string of the molecule is COc1cc(Nc2cc(-c3ccc(NC(C)=O)cc3)ncn2)cc(OC)c1OC. The second-order valence-electron chi connectivity index (χ2n) is 6.09. The number of methoxy groups -OCH3 is 3. The van der Waals surface area contributed by atoms with Gasteiger partial charge in [-0.2, -0.15) is 0 Å². The summed E-state index contributed by atoms with van der Waals surface area (Å²) in [5, 5.41) is 5.97. The highest BCUT2D eigenvalue weighted by molar-refractivity contribution is 5.89. The zero-order valence-electron chi connectivity index (χ0n) is 16.6. The number of aromatic nitrogens is 2. The number of nitrogens with one attached hydrogen (secondary N) is 2. The van der Waals surface area contributed by atoms with Crippen molar-refractivity contribution in [3.8, 4) is 28.5 Å². The monoisotopic (exact) mass is 394 g/mol. The first-order valence-electron chi connectivity index (χ1n) is 8.81. The van der Waals surface area contributed by atoms with Gasteiger partial charge in [-0.05, 0) is 12.1 Å². The minimum Gasteiger partial charge on any atom is -0.493 e. The van der Waals surface area contributed by atoms with E-state index in [9.17, 15) is 4.79 Å². The lowest BCUT2D eigenvalue weighted by atomic mass is 10.1. The largest absolute Gasteiger partial charge is 0.493 e. The van der Waals surface area contributed by atoms with Gasteiger partial charge in [0.15, 0.2) is 11.5 Å². The van der Waals surface area contributed by atoms with Gasteiger partial charge < -0.3 is 24.8 Å². The minimum absolute atomic E-state index is 0.114. The van der Waals surface area contributed by atoms with Gasteiger partial charge in [0.05, 0.1) is 27.0 Å². The van der Waals surface area contributed by atoms with Crippen molar-refractivity contribution in [2.45, 2.75) is 6.92 Å². The average Bonchev–Trinajstić information content (AvgIpc) is 2.73. The van der Waals surface area contributed by atoms with E-state index in [0.29, 0.717) is 23.1 Å². The van der Waals surface area contributed by atoms with Crippen LogP contribution in [-0.4, -0.2) is 37.2 Å². The molecule has 0 aliphatic rings. The number of nitrogens with zero attached hydrogens (tertiary/aromatic N) is 2. The fraction of sp³-hybridized carbons (Fsp3) is 0.190. The molecule has 0 unspecified atom stereocenters. The molecule has 0 radical (unpaired) electrons. The van der Waals surface area contributed by atoms with Crippen LogP contribution < -0.4 is 24.8 Å². The predicted molar refractivity (Wildman–Crippen MR) is 111 cm³/mol. The summed E-state index contributed by atoms with van der Waals surface area (Å²) < 4.78 is 16.1. The van der Waals surface area contributed by atoms with Crippen LogP contribution in [0.5, 0.6) is 17.2 Å². The summed E-state index contributed by atoms with van der Waals surface area (Å²) in [7, 11) is 4.68. The molecule has 0 aliphatic heterocycles. The maximum absolute atomic E-state index is 11.2. The number of carbonyl (C=O) groups excluding carboxylic acids is 1. The van der Waals surface area contributed by atoms with E-state index in [1.807, 2.05) is 30.3 Å². The highest BCUT2D eigenvalue weighted by atomic mass is 16.5. The van der Waals surface area contributed by atoms with Crippen LogP contribution in [0.1, 0.15) is 6.92 Å². The predicted octanol–water partition coefficient (Wildman–Crippen LogP) is 3.87. The van der Waals surface area contributed by atoms with Crippen LogP contribution in [0, 0.1) is 0 Å². The number of carbonyl (C=O) groups is 1. The summed E-state index contributed by atoms with van der Waals surface area (Å²) in [6.45, 7) is 1.47. The third kappa shape index (κ3) is 4.73. The Morgan fingerprint density at radius 1 is 0.862 bits per heavy atom. The number of hydrogen-bond donors (Lipinski definition) is 2. The summed E-state index contributed by atoms with van der Waals surface area (Å²) in [6, 6.07) is 12.8. The molecule has 1 aromatic heterocycles. The molecule has 1 amide bonds. The first kappa shape index (κ1) is 19.9. The van der Waals surface area contributed by atoms with Gasteiger partial charge in [-0.3, -0.25) is 4.79 Å². The van der Waals surface area contributed by atoms with Crippen molar-refractivity contribution in [1.82, 2.24) is 9.97 Å². The van der Waals surface area contributed by atoms with E-state index in [-0.39, 0.29) is 5.91 Å². The Hall–Kier alpha value is -3.81. The van der Waals surface area contributed by atoms with Crippen molar-refractivity contribution in [3.63, 3.8) is 0 Å². The lowest BCUT2D eigenvalue weighted by Crippen LogP contribution is -2.05. The molecule has 0 bridgehead atoms. The normalized spacial score (nSPS) is 10.2.